The number of para-hydroxylation sites is 1. The van der Waals surface area contributed by atoms with Gasteiger partial charge in [0.25, 0.3) is 5.91 Å². The Morgan fingerprint density at radius 2 is 1.86 bits per heavy atom. The van der Waals surface area contributed by atoms with E-state index in [4.69, 9.17) is 0 Å². The van der Waals surface area contributed by atoms with Crippen LogP contribution in [0.25, 0.3) is 6.08 Å². The number of benzene rings is 1. The van der Waals surface area contributed by atoms with Crippen molar-refractivity contribution in [3.63, 3.8) is 0 Å². The number of anilines is 1. The Morgan fingerprint density at radius 3 is 2.62 bits per heavy atom. The minimum Gasteiger partial charge on any atom is -0.385 e. The molecule has 146 valence electrons. The van der Waals surface area contributed by atoms with Crippen LogP contribution in [0.3, 0.4) is 0 Å². The third-order valence-corrected chi connectivity index (χ3v) is 5.00. The van der Waals surface area contributed by atoms with E-state index in [0.717, 1.165) is 35.6 Å². The van der Waals surface area contributed by atoms with Crippen LogP contribution >= 0.6 is 0 Å². The molecule has 0 saturated carbocycles. The fraction of sp³-hybridized carbons (Fsp3) is 0.182. The number of carbonyl (C=O) groups excluding carboxylic acids is 1. The van der Waals surface area contributed by atoms with Crippen LogP contribution in [0.15, 0.2) is 59.7 Å². The Morgan fingerprint density at radius 1 is 1.10 bits per heavy atom. The molecule has 1 aromatic carbocycles. The lowest BCUT2D eigenvalue weighted by molar-refractivity contribution is -0.116. The average Bonchev–Trinajstić information content (AvgIpc) is 3.24. The van der Waals surface area contributed by atoms with E-state index in [1.54, 1.807) is 12.4 Å². The van der Waals surface area contributed by atoms with Crippen molar-refractivity contribution in [2.24, 2.45) is 5.10 Å². The number of carbonyl (C=O) groups is 1. The van der Waals surface area contributed by atoms with E-state index in [1.165, 1.54) is 11.9 Å². The number of aromatic nitrogens is 3. The van der Waals surface area contributed by atoms with Gasteiger partial charge in [0, 0.05) is 41.6 Å². The van der Waals surface area contributed by atoms with Crippen molar-refractivity contribution >= 4 is 23.4 Å². The molecule has 1 amide bonds. The number of hydrogen-bond acceptors (Lipinski definition) is 5. The molecule has 0 saturated heterocycles. The molecule has 0 unspecified atom stereocenters. The molecule has 29 heavy (non-hydrogen) atoms. The van der Waals surface area contributed by atoms with Gasteiger partial charge in [0.15, 0.2) is 0 Å². The lowest BCUT2D eigenvalue weighted by Crippen LogP contribution is -2.13. The molecule has 0 spiro atoms. The second-order valence-electron chi connectivity index (χ2n) is 6.90. The molecular weight excluding hydrogens is 364 g/mol. The number of amides is 1. The second-order valence-corrected chi connectivity index (χ2v) is 6.90. The molecule has 7 heteroatoms. The fourth-order valence-electron chi connectivity index (χ4n) is 3.48. The standard InChI is InChI=1S/C22H22N6O/c1-14-18(8-9-25-17-6-4-3-5-7-17)15(2)26-20(14)10-19-21(27-28-22(19)29)16-11-23-13-24-12-16/h3-7,10-13,25-26H,8-9H2,1-2H3,(H,28,29). The van der Waals surface area contributed by atoms with Gasteiger partial charge in [-0.3, -0.25) is 4.79 Å². The molecule has 7 nitrogen and oxygen atoms in total. The molecule has 0 atom stereocenters. The van der Waals surface area contributed by atoms with Crippen LogP contribution in [-0.2, 0) is 11.2 Å². The van der Waals surface area contributed by atoms with E-state index < -0.39 is 0 Å². The van der Waals surface area contributed by atoms with Crippen LogP contribution in [0.4, 0.5) is 5.69 Å². The Kier molecular flexibility index (Phi) is 5.20. The molecule has 4 rings (SSSR count). The summed E-state index contributed by atoms with van der Waals surface area (Å²) in [5.41, 5.74) is 9.78. The molecule has 3 N–H and O–H groups in total. The molecular formula is C22H22N6O. The van der Waals surface area contributed by atoms with Crippen LogP contribution in [0.1, 0.15) is 28.1 Å². The first kappa shape index (κ1) is 18.6. The molecule has 0 aliphatic carbocycles. The summed E-state index contributed by atoms with van der Waals surface area (Å²) in [5.74, 6) is -0.234. The topological polar surface area (TPSA) is 95.1 Å². The highest BCUT2D eigenvalue weighted by molar-refractivity contribution is 6.33. The normalized spacial score (nSPS) is 14.8. The van der Waals surface area contributed by atoms with Gasteiger partial charge < -0.3 is 10.3 Å². The molecule has 0 radical (unpaired) electrons. The molecule has 0 fully saturated rings. The van der Waals surface area contributed by atoms with E-state index in [-0.39, 0.29) is 5.91 Å². The van der Waals surface area contributed by atoms with Crippen molar-refractivity contribution in [3.8, 4) is 0 Å². The Balaban J connectivity index is 1.55. The first-order chi connectivity index (χ1) is 14.1. The van der Waals surface area contributed by atoms with Crippen molar-refractivity contribution in [1.29, 1.82) is 0 Å². The molecule has 3 heterocycles. The molecule has 3 aromatic rings. The third kappa shape index (κ3) is 3.94. The zero-order valence-electron chi connectivity index (χ0n) is 16.4. The third-order valence-electron chi connectivity index (χ3n) is 5.00. The average molecular weight is 386 g/mol. The molecule has 0 bridgehead atoms. The maximum absolute atomic E-state index is 12.3. The van der Waals surface area contributed by atoms with Gasteiger partial charge in [-0.1, -0.05) is 18.2 Å². The van der Waals surface area contributed by atoms with Crippen LogP contribution in [0.5, 0.6) is 0 Å². The van der Waals surface area contributed by atoms with Crippen molar-refractivity contribution < 1.29 is 4.79 Å². The molecule has 1 aliphatic rings. The van der Waals surface area contributed by atoms with Gasteiger partial charge in [-0.25, -0.2) is 15.4 Å². The zero-order chi connectivity index (χ0) is 20.2. The highest BCUT2D eigenvalue weighted by Gasteiger charge is 2.25. The van der Waals surface area contributed by atoms with Crippen LogP contribution in [0.2, 0.25) is 0 Å². The highest BCUT2D eigenvalue weighted by Crippen LogP contribution is 2.23. The van der Waals surface area contributed by atoms with Crippen molar-refractivity contribution in [1.82, 2.24) is 20.4 Å². The summed E-state index contributed by atoms with van der Waals surface area (Å²) in [6, 6.07) is 10.1. The largest absolute Gasteiger partial charge is 0.385 e. The summed E-state index contributed by atoms with van der Waals surface area (Å²) in [5, 5.41) is 7.59. The number of hydrazone groups is 1. The van der Waals surface area contributed by atoms with Crippen LogP contribution in [-0.4, -0.2) is 33.1 Å². The fourth-order valence-corrected chi connectivity index (χ4v) is 3.48. The highest BCUT2D eigenvalue weighted by atomic mass is 16.2. The summed E-state index contributed by atoms with van der Waals surface area (Å²) >= 11 is 0. The number of nitrogens with zero attached hydrogens (tertiary/aromatic N) is 3. The number of nitrogens with one attached hydrogen (secondary N) is 3. The predicted molar refractivity (Wildman–Crippen MR) is 114 cm³/mol. The van der Waals surface area contributed by atoms with E-state index in [1.807, 2.05) is 24.3 Å². The minimum absolute atomic E-state index is 0.234. The monoisotopic (exact) mass is 386 g/mol. The number of rotatable bonds is 6. The first-order valence-electron chi connectivity index (χ1n) is 9.46. The summed E-state index contributed by atoms with van der Waals surface area (Å²) < 4.78 is 0. The van der Waals surface area contributed by atoms with Crippen molar-refractivity contribution in [3.05, 3.63) is 82.7 Å². The number of H-pyrrole nitrogens is 1. The SMILES string of the molecule is Cc1[nH]c(C=C2C(=O)NN=C2c2cncnc2)c(C)c1CCNc1ccccc1. The number of aryl methyl sites for hydroxylation is 1. The maximum atomic E-state index is 12.3. The van der Waals surface area contributed by atoms with Crippen LogP contribution < -0.4 is 10.7 Å². The second kappa shape index (κ2) is 8.10. The summed E-state index contributed by atoms with van der Waals surface area (Å²) in [7, 11) is 0. The number of aromatic amines is 1. The van der Waals surface area contributed by atoms with Gasteiger partial charge in [-0.2, -0.15) is 5.10 Å². The minimum atomic E-state index is -0.234. The van der Waals surface area contributed by atoms with Crippen LogP contribution in [0, 0.1) is 13.8 Å². The smallest absolute Gasteiger partial charge is 0.273 e. The van der Waals surface area contributed by atoms with Gasteiger partial charge in [0.1, 0.15) is 12.0 Å². The van der Waals surface area contributed by atoms with Gasteiger partial charge >= 0.3 is 0 Å². The van der Waals surface area contributed by atoms with Gasteiger partial charge in [-0.15, -0.1) is 0 Å². The molecule has 2 aromatic heterocycles. The van der Waals surface area contributed by atoms with Gasteiger partial charge in [-0.05, 0) is 49.6 Å². The quantitative estimate of drug-likeness (QED) is 0.568. The maximum Gasteiger partial charge on any atom is 0.273 e. The molecule has 1 aliphatic heterocycles. The first-order valence-corrected chi connectivity index (χ1v) is 9.46. The van der Waals surface area contributed by atoms with Gasteiger partial charge in [0.2, 0.25) is 0 Å². The lowest BCUT2D eigenvalue weighted by atomic mass is 10.0. The van der Waals surface area contributed by atoms with E-state index in [2.05, 4.69) is 56.8 Å². The van der Waals surface area contributed by atoms with E-state index in [0.29, 0.717) is 16.8 Å². The Bertz CT molecular complexity index is 1080. The van der Waals surface area contributed by atoms with E-state index >= 15 is 0 Å². The number of hydrogen-bond donors (Lipinski definition) is 3. The zero-order valence-corrected chi connectivity index (χ0v) is 16.4. The van der Waals surface area contributed by atoms with Gasteiger partial charge in [0.05, 0.1) is 5.57 Å². The summed E-state index contributed by atoms with van der Waals surface area (Å²) in [6.45, 7) is 4.96. The predicted octanol–water partition coefficient (Wildman–Crippen LogP) is 2.99. The van der Waals surface area contributed by atoms with Crippen molar-refractivity contribution in [2.45, 2.75) is 20.3 Å². The Labute approximate surface area is 169 Å². The van der Waals surface area contributed by atoms with E-state index in [9.17, 15) is 4.79 Å². The Hall–Kier alpha value is -3.74. The summed E-state index contributed by atoms with van der Waals surface area (Å²) in [6.07, 6.45) is 7.48. The summed E-state index contributed by atoms with van der Waals surface area (Å²) in [4.78, 5) is 23.8. The lowest BCUT2D eigenvalue weighted by Gasteiger charge is -2.07. The van der Waals surface area contributed by atoms with Crippen molar-refractivity contribution in [2.75, 3.05) is 11.9 Å².